The molecule has 0 aliphatic heterocycles. The van der Waals surface area contributed by atoms with E-state index in [1.807, 2.05) is 50.5 Å². The Bertz CT molecular complexity index is 677. The van der Waals surface area contributed by atoms with Gasteiger partial charge in [-0.05, 0) is 44.7 Å². The summed E-state index contributed by atoms with van der Waals surface area (Å²) in [7, 11) is 0. The average Bonchev–Trinajstić information content (AvgIpc) is 2.78. The summed E-state index contributed by atoms with van der Waals surface area (Å²) in [5.41, 5.74) is 8.18. The van der Waals surface area contributed by atoms with Gasteiger partial charge in [-0.1, -0.05) is 18.2 Å². The summed E-state index contributed by atoms with van der Waals surface area (Å²) in [5, 5.41) is 0. The number of hydrogen-bond acceptors (Lipinski definition) is 2. The van der Waals surface area contributed by atoms with Crippen molar-refractivity contribution in [3.8, 4) is 5.69 Å². The normalized spacial score (nSPS) is 17.2. The van der Waals surface area contributed by atoms with E-state index < -0.39 is 0 Å². The highest BCUT2D eigenvalue weighted by Crippen LogP contribution is 2.40. The van der Waals surface area contributed by atoms with E-state index in [0.717, 1.165) is 30.5 Å². The highest BCUT2D eigenvalue weighted by Gasteiger charge is 2.36. The number of nitrogens with zero attached hydrogens (tertiary/aromatic N) is 2. The zero-order valence-electron chi connectivity index (χ0n) is 12.0. The summed E-state index contributed by atoms with van der Waals surface area (Å²) >= 11 is 0. The van der Waals surface area contributed by atoms with Gasteiger partial charge in [-0.15, -0.1) is 0 Å². The van der Waals surface area contributed by atoms with Crippen LogP contribution in [0.2, 0.25) is 0 Å². The van der Waals surface area contributed by atoms with Gasteiger partial charge in [0.15, 0.2) is 0 Å². The monoisotopic (exact) mass is 271 g/mol. The molecule has 1 saturated carbocycles. The van der Waals surface area contributed by atoms with Gasteiger partial charge in [0.05, 0.1) is 5.69 Å². The second-order valence-corrected chi connectivity index (χ2v) is 5.98. The van der Waals surface area contributed by atoms with Gasteiger partial charge in [0.25, 0.3) is 0 Å². The van der Waals surface area contributed by atoms with Crippen LogP contribution in [0, 0.1) is 0 Å². The second kappa shape index (κ2) is 4.63. The fraction of sp³-hybridized carbons (Fsp3) is 0.438. The summed E-state index contributed by atoms with van der Waals surface area (Å²) in [6.07, 6.45) is 6.82. The molecule has 0 amide bonds. The Morgan fingerprint density at radius 2 is 1.90 bits per heavy atom. The predicted molar refractivity (Wildman–Crippen MR) is 80.1 cm³/mol. The van der Waals surface area contributed by atoms with Crippen molar-refractivity contribution >= 4 is 0 Å². The molecule has 0 bridgehead atoms. The van der Waals surface area contributed by atoms with Crippen molar-refractivity contribution in [1.82, 2.24) is 9.13 Å². The van der Waals surface area contributed by atoms with E-state index in [0.29, 0.717) is 0 Å². The zero-order valence-corrected chi connectivity index (χ0v) is 12.0. The Labute approximate surface area is 118 Å². The molecule has 1 aromatic carbocycles. The number of para-hydroxylation sites is 1. The van der Waals surface area contributed by atoms with Crippen LogP contribution in [0.4, 0.5) is 0 Å². The van der Waals surface area contributed by atoms with E-state index in [1.165, 1.54) is 0 Å². The smallest absolute Gasteiger partial charge is 0.321 e. The third kappa shape index (κ3) is 1.91. The van der Waals surface area contributed by atoms with Gasteiger partial charge in [-0.25, -0.2) is 4.79 Å². The summed E-state index contributed by atoms with van der Waals surface area (Å²) in [4.78, 5) is 12.5. The third-order valence-electron chi connectivity index (χ3n) is 4.31. The lowest BCUT2D eigenvalue weighted by Gasteiger charge is -2.39. The lowest BCUT2D eigenvalue weighted by Crippen LogP contribution is -2.44. The van der Waals surface area contributed by atoms with Crippen LogP contribution in [-0.4, -0.2) is 9.13 Å². The maximum atomic E-state index is 12.5. The van der Waals surface area contributed by atoms with Crippen molar-refractivity contribution in [2.24, 2.45) is 5.73 Å². The predicted octanol–water partition coefficient (Wildman–Crippen LogP) is 2.56. The van der Waals surface area contributed by atoms with Crippen LogP contribution >= 0.6 is 0 Å². The average molecular weight is 271 g/mol. The highest BCUT2D eigenvalue weighted by atomic mass is 16.1. The van der Waals surface area contributed by atoms with Gasteiger partial charge < -0.3 is 5.73 Å². The number of aromatic nitrogens is 2. The molecule has 1 aliphatic rings. The Morgan fingerprint density at radius 1 is 1.20 bits per heavy atom. The zero-order chi connectivity index (χ0) is 14.3. The van der Waals surface area contributed by atoms with Crippen LogP contribution in [0.25, 0.3) is 5.69 Å². The van der Waals surface area contributed by atoms with Gasteiger partial charge in [0.2, 0.25) is 0 Å². The lowest BCUT2D eigenvalue weighted by atomic mass is 9.72. The number of hydrogen-bond donors (Lipinski definition) is 1. The standard InChI is InChI=1S/C16H21N3O/c1-12(2)18-10-11-19(15(18)20)14-7-4-3-6-13(14)16(17)8-5-9-16/h3-4,6-7,10-12H,5,8-9,17H2,1-2H3. The molecular formula is C16H21N3O. The molecule has 2 aromatic rings. The first-order chi connectivity index (χ1) is 9.53. The maximum absolute atomic E-state index is 12.5. The minimum absolute atomic E-state index is 0.00428. The topological polar surface area (TPSA) is 52.9 Å². The fourth-order valence-electron chi connectivity index (χ4n) is 2.90. The van der Waals surface area contributed by atoms with Gasteiger partial charge in [-0.2, -0.15) is 0 Å². The molecule has 4 nitrogen and oxygen atoms in total. The molecule has 1 fully saturated rings. The summed E-state index contributed by atoms with van der Waals surface area (Å²) in [5.74, 6) is 0. The van der Waals surface area contributed by atoms with E-state index in [9.17, 15) is 4.79 Å². The van der Waals surface area contributed by atoms with Crippen LogP contribution in [0.5, 0.6) is 0 Å². The van der Waals surface area contributed by atoms with Crippen LogP contribution in [-0.2, 0) is 5.54 Å². The Balaban J connectivity index is 2.14. The van der Waals surface area contributed by atoms with Crippen molar-refractivity contribution in [3.63, 3.8) is 0 Å². The van der Waals surface area contributed by atoms with Crippen molar-refractivity contribution in [1.29, 1.82) is 0 Å². The summed E-state index contributed by atoms with van der Waals surface area (Å²) < 4.78 is 3.45. The van der Waals surface area contributed by atoms with Gasteiger partial charge in [0, 0.05) is 24.0 Å². The quantitative estimate of drug-likeness (QED) is 0.932. The first-order valence-corrected chi connectivity index (χ1v) is 7.21. The molecule has 0 saturated heterocycles. The molecule has 20 heavy (non-hydrogen) atoms. The molecule has 1 aromatic heterocycles. The first kappa shape index (κ1) is 13.2. The van der Waals surface area contributed by atoms with Gasteiger partial charge in [-0.3, -0.25) is 9.13 Å². The van der Waals surface area contributed by atoms with Crippen molar-refractivity contribution in [2.45, 2.75) is 44.7 Å². The van der Waals surface area contributed by atoms with E-state index in [2.05, 4.69) is 0 Å². The van der Waals surface area contributed by atoms with Crippen molar-refractivity contribution in [2.75, 3.05) is 0 Å². The molecule has 106 valence electrons. The molecule has 0 spiro atoms. The molecule has 1 aliphatic carbocycles. The third-order valence-corrected chi connectivity index (χ3v) is 4.31. The molecule has 3 rings (SSSR count). The molecule has 0 atom stereocenters. The molecule has 1 heterocycles. The van der Waals surface area contributed by atoms with E-state index in [4.69, 9.17) is 5.73 Å². The number of rotatable bonds is 3. The number of imidazole rings is 1. The number of nitrogens with two attached hydrogens (primary N) is 1. The van der Waals surface area contributed by atoms with Crippen LogP contribution in [0.1, 0.15) is 44.7 Å². The van der Waals surface area contributed by atoms with Crippen LogP contribution in [0.3, 0.4) is 0 Å². The molecular weight excluding hydrogens is 250 g/mol. The Hall–Kier alpha value is -1.81. The van der Waals surface area contributed by atoms with Crippen molar-refractivity contribution in [3.05, 3.63) is 52.7 Å². The number of benzene rings is 1. The molecule has 4 heteroatoms. The van der Waals surface area contributed by atoms with E-state index in [-0.39, 0.29) is 17.3 Å². The fourth-order valence-corrected chi connectivity index (χ4v) is 2.90. The van der Waals surface area contributed by atoms with Crippen LogP contribution in [0.15, 0.2) is 41.5 Å². The van der Waals surface area contributed by atoms with Gasteiger partial charge in [0.1, 0.15) is 0 Å². The largest absolute Gasteiger partial charge is 0.332 e. The minimum Gasteiger partial charge on any atom is -0.321 e. The SMILES string of the molecule is CC(C)n1ccn(-c2ccccc2C2(N)CCC2)c1=O. The van der Waals surface area contributed by atoms with E-state index in [1.54, 1.807) is 9.13 Å². The highest BCUT2D eigenvalue weighted by molar-refractivity contribution is 5.46. The summed E-state index contributed by atoms with van der Waals surface area (Å²) in [6, 6.07) is 8.14. The van der Waals surface area contributed by atoms with Crippen molar-refractivity contribution < 1.29 is 0 Å². The lowest BCUT2D eigenvalue weighted by molar-refractivity contribution is 0.253. The maximum Gasteiger partial charge on any atom is 0.332 e. The minimum atomic E-state index is -0.268. The van der Waals surface area contributed by atoms with Crippen LogP contribution < -0.4 is 11.4 Å². The Kier molecular flexibility index (Phi) is 3.05. The first-order valence-electron chi connectivity index (χ1n) is 7.21. The molecule has 0 radical (unpaired) electrons. The molecule has 0 unspecified atom stereocenters. The van der Waals surface area contributed by atoms with E-state index >= 15 is 0 Å². The van der Waals surface area contributed by atoms with Gasteiger partial charge >= 0.3 is 5.69 Å². The summed E-state index contributed by atoms with van der Waals surface area (Å²) in [6.45, 7) is 4.02. The molecule has 2 N–H and O–H groups in total. The Morgan fingerprint density at radius 3 is 2.45 bits per heavy atom. The second-order valence-electron chi connectivity index (χ2n) is 5.98.